The van der Waals surface area contributed by atoms with Crippen molar-refractivity contribution in [1.82, 2.24) is 5.32 Å². The normalized spacial score (nSPS) is 18.3. The molecule has 1 aliphatic carbocycles. The fraction of sp³-hybridized carbons (Fsp3) is 0.545. The van der Waals surface area contributed by atoms with Crippen molar-refractivity contribution in [1.29, 1.82) is 0 Å². The standard InChI is InChI=1S/C11H15NOS2/c1-7(8-3-2-4-8)12-11(13)10-5-9(14)6-15-10/h5-8,14H,2-4H2,1H3,(H,12,13). The number of carbonyl (C=O) groups is 1. The first-order valence-electron chi connectivity index (χ1n) is 5.25. The van der Waals surface area contributed by atoms with Gasteiger partial charge in [0.05, 0.1) is 4.88 Å². The van der Waals surface area contributed by atoms with E-state index in [0.717, 1.165) is 9.77 Å². The van der Waals surface area contributed by atoms with Gasteiger partial charge >= 0.3 is 0 Å². The van der Waals surface area contributed by atoms with E-state index in [9.17, 15) is 4.79 Å². The van der Waals surface area contributed by atoms with Crippen LogP contribution in [0.25, 0.3) is 0 Å². The molecular formula is C11H15NOS2. The molecule has 1 fully saturated rings. The average molecular weight is 241 g/mol. The van der Waals surface area contributed by atoms with Crippen LogP contribution in [0.5, 0.6) is 0 Å². The minimum atomic E-state index is 0.0414. The molecule has 1 amide bonds. The Hall–Kier alpha value is -0.480. The lowest BCUT2D eigenvalue weighted by atomic mass is 9.80. The van der Waals surface area contributed by atoms with E-state index >= 15 is 0 Å². The van der Waals surface area contributed by atoms with E-state index in [1.807, 2.05) is 11.4 Å². The summed E-state index contributed by atoms with van der Waals surface area (Å²) in [7, 11) is 0. The van der Waals surface area contributed by atoms with Gasteiger partial charge in [-0.1, -0.05) is 6.42 Å². The molecule has 0 aliphatic heterocycles. The molecule has 82 valence electrons. The summed E-state index contributed by atoms with van der Waals surface area (Å²) in [5, 5.41) is 4.93. The van der Waals surface area contributed by atoms with Gasteiger partial charge in [0.2, 0.25) is 0 Å². The Balaban J connectivity index is 1.91. The predicted molar refractivity (Wildman–Crippen MR) is 65.8 cm³/mol. The summed E-state index contributed by atoms with van der Waals surface area (Å²) in [6.45, 7) is 2.09. The molecule has 1 aliphatic rings. The molecule has 1 aromatic heterocycles. The Kier molecular flexibility index (Phi) is 3.36. The first-order chi connectivity index (χ1) is 7.16. The summed E-state index contributed by atoms with van der Waals surface area (Å²) in [4.78, 5) is 13.4. The molecule has 15 heavy (non-hydrogen) atoms. The third-order valence-corrected chi connectivity index (χ3v) is 4.39. The minimum absolute atomic E-state index is 0.0414. The second-order valence-electron chi connectivity index (χ2n) is 4.12. The summed E-state index contributed by atoms with van der Waals surface area (Å²) in [5.74, 6) is 0.726. The van der Waals surface area contributed by atoms with E-state index in [0.29, 0.717) is 12.0 Å². The van der Waals surface area contributed by atoms with Crippen LogP contribution >= 0.6 is 24.0 Å². The van der Waals surface area contributed by atoms with Gasteiger partial charge in [-0.25, -0.2) is 0 Å². The molecule has 2 nitrogen and oxygen atoms in total. The van der Waals surface area contributed by atoms with Gasteiger partial charge in [-0.3, -0.25) is 4.79 Å². The van der Waals surface area contributed by atoms with Gasteiger partial charge in [-0.2, -0.15) is 0 Å². The summed E-state index contributed by atoms with van der Waals surface area (Å²) in [6.07, 6.45) is 3.82. The van der Waals surface area contributed by atoms with Crippen LogP contribution < -0.4 is 5.32 Å². The molecule has 0 spiro atoms. The Bertz CT molecular complexity index is 357. The van der Waals surface area contributed by atoms with Crippen molar-refractivity contribution in [3.63, 3.8) is 0 Å². The predicted octanol–water partition coefficient (Wildman–Crippen LogP) is 2.96. The quantitative estimate of drug-likeness (QED) is 0.783. The molecule has 1 aromatic rings. The van der Waals surface area contributed by atoms with Crippen molar-refractivity contribution in [2.75, 3.05) is 0 Å². The fourth-order valence-corrected chi connectivity index (χ4v) is 2.83. The maximum atomic E-state index is 11.8. The number of nitrogens with one attached hydrogen (secondary N) is 1. The molecule has 1 N–H and O–H groups in total. The van der Waals surface area contributed by atoms with Crippen molar-refractivity contribution in [2.45, 2.75) is 37.1 Å². The first-order valence-corrected chi connectivity index (χ1v) is 6.58. The Morgan fingerprint density at radius 3 is 2.87 bits per heavy atom. The van der Waals surface area contributed by atoms with Gasteiger partial charge < -0.3 is 5.32 Å². The van der Waals surface area contributed by atoms with Crippen LogP contribution in [0.4, 0.5) is 0 Å². The van der Waals surface area contributed by atoms with Crippen molar-refractivity contribution in [3.8, 4) is 0 Å². The van der Waals surface area contributed by atoms with Crippen LogP contribution in [0.3, 0.4) is 0 Å². The maximum absolute atomic E-state index is 11.8. The molecule has 0 aromatic carbocycles. The third kappa shape index (κ3) is 2.55. The highest BCUT2D eigenvalue weighted by molar-refractivity contribution is 7.80. The Labute approximate surface area is 99.5 Å². The van der Waals surface area contributed by atoms with Crippen molar-refractivity contribution < 1.29 is 4.79 Å². The van der Waals surface area contributed by atoms with Crippen molar-refractivity contribution in [3.05, 3.63) is 16.3 Å². The summed E-state index contributed by atoms with van der Waals surface area (Å²) < 4.78 is 0. The number of hydrogen-bond donors (Lipinski definition) is 2. The molecule has 1 saturated carbocycles. The SMILES string of the molecule is CC(NC(=O)c1cc(S)cs1)C1CCC1. The van der Waals surface area contributed by atoms with Gasteiger partial charge in [-0.05, 0) is 31.7 Å². The molecular weight excluding hydrogens is 226 g/mol. The fourth-order valence-electron chi connectivity index (χ4n) is 1.78. The number of amides is 1. The molecule has 1 heterocycles. The van der Waals surface area contributed by atoms with E-state index in [2.05, 4.69) is 24.9 Å². The molecule has 0 radical (unpaired) electrons. The molecule has 2 rings (SSSR count). The highest BCUT2D eigenvalue weighted by Gasteiger charge is 2.25. The number of thiophene rings is 1. The van der Waals surface area contributed by atoms with E-state index in [1.165, 1.54) is 30.6 Å². The third-order valence-electron chi connectivity index (χ3n) is 3.03. The second kappa shape index (κ2) is 4.58. The highest BCUT2D eigenvalue weighted by Crippen LogP contribution is 2.29. The summed E-state index contributed by atoms with van der Waals surface area (Å²) in [5.41, 5.74) is 0. The van der Waals surface area contributed by atoms with Crippen LogP contribution in [0.1, 0.15) is 35.9 Å². The van der Waals surface area contributed by atoms with Crippen LogP contribution in [-0.4, -0.2) is 11.9 Å². The summed E-state index contributed by atoms with van der Waals surface area (Å²) in [6, 6.07) is 2.12. The van der Waals surface area contributed by atoms with E-state index in [1.54, 1.807) is 0 Å². The topological polar surface area (TPSA) is 29.1 Å². The molecule has 0 bridgehead atoms. The number of hydrogen-bond acceptors (Lipinski definition) is 3. The van der Waals surface area contributed by atoms with Crippen LogP contribution in [0, 0.1) is 5.92 Å². The average Bonchev–Trinajstić information content (AvgIpc) is 2.48. The zero-order valence-electron chi connectivity index (χ0n) is 8.69. The van der Waals surface area contributed by atoms with Crippen LogP contribution in [0.15, 0.2) is 16.3 Å². The lowest BCUT2D eigenvalue weighted by Crippen LogP contribution is -2.40. The van der Waals surface area contributed by atoms with Gasteiger partial charge in [0, 0.05) is 16.3 Å². The van der Waals surface area contributed by atoms with E-state index < -0.39 is 0 Å². The van der Waals surface area contributed by atoms with Crippen molar-refractivity contribution in [2.24, 2.45) is 5.92 Å². The van der Waals surface area contributed by atoms with E-state index in [-0.39, 0.29) is 5.91 Å². The van der Waals surface area contributed by atoms with Gasteiger partial charge in [-0.15, -0.1) is 24.0 Å². The minimum Gasteiger partial charge on any atom is -0.349 e. The maximum Gasteiger partial charge on any atom is 0.261 e. The summed E-state index contributed by atoms with van der Waals surface area (Å²) >= 11 is 5.64. The lowest BCUT2D eigenvalue weighted by molar-refractivity contribution is 0.0913. The molecule has 4 heteroatoms. The molecule has 1 unspecified atom stereocenters. The lowest BCUT2D eigenvalue weighted by Gasteiger charge is -2.31. The first kappa shape index (κ1) is 11.0. The highest BCUT2D eigenvalue weighted by atomic mass is 32.1. The Morgan fingerprint density at radius 2 is 2.40 bits per heavy atom. The van der Waals surface area contributed by atoms with E-state index in [4.69, 9.17) is 0 Å². The second-order valence-corrected chi connectivity index (χ2v) is 5.55. The van der Waals surface area contributed by atoms with Gasteiger partial charge in [0.1, 0.15) is 0 Å². The number of thiol groups is 1. The van der Waals surface area contributed by atoms with Gasteiger partial charge in [0.15, 0.2) is 0 Å². The number of rotatable bonds is 3. The largest absolute Gasteiger partial charge is 0.349 e. The zero-order chi connectivity index (χ0) is 10.8. The zero-order valence-corrected chi connectivity index (χ0v) is 10.4. The monoisotopic (exact) mass is 241 g/mol. The van der Waals surface area contributed by atoms with Crippen molar-refractivity contribution >= 4 is 29.9 Å². The Morgan fingerprint density at radius 1 is 1.67 bits per heavy atom. The van der Waals surface area contributed by atoms with Crippen LogP contribution in [-0.2, 0) is 0 Å². The molecule has 0 saturated heterocycles. The van der Waals surface area contributed by atoms with Crippen LogP contribution in [0.2, 0.25) is 0 Å². The molecule has 1 atom stereocenters. The van der Waals surface area contributed by atoms with Gasteiger partial charge in [0.25, 0.3) is 5.91 Å². The smallest absolute Gasteiger partial charge is 0.261 e. The number of carbonyl (C=O) groups excluding carboxylic acids is 1.